The van der Waals surface area contributed by atoms with E-state index in [1.807, 2.05) is 0 Å². The maximum Gasteiger partial charge on any atom is 0.340 e. The third-order valence-corrected chi connectivity index (χ3v) is 2.83. The zero-order chi connectivity index (χ0) is 14.5. The van der Waals surface area contributed by atoms with Crippen LogP contribution in [0.15, 0.2) is 0 Å². The highest BCUT2D eigenvalue weighted by atomic mass is 32.2. The molecule has 108 valence electrons. The molecule has 0 aromatic heterocycles. The summed E-state index contributed by atoms with van der Waals surface area (Å²) in [7, 11) is 0. The summed E-state index contributed by atoms with van der Waals surface area (Å²) >= 11 is 0.599. The van der Waals surface area contributed by atoms with Gasteiger partial charge in [0.15, 0.2) is 11.3 Å². The largest absolute Gasteiger partial charge is 0.340 e. The monoisotopic (exact) mass is 300 g/mol. The Kier molecular flexibility index (Phi) is 7.01. The summed E-state index contributed by atoms with van der Waals surface area (Å²) in [4.78, 5) is 10.4. The van der Waals surface area contributed by atoms with Gasteiger partial charge in [-0.2, -0.15) is 8.78 Å². The van der Waals surface area contributed by atoms with Crippen molar-refractivity contribution in [3.63, 3.8) is 0 Å². The third-order valence-electron chi connectivity index (χ3n) is 1.98. The maximum absolute atomic E-state index is 13.0. The molecule has 0 spiro atoms. The van der Waals surface area contributed by atoms with Crippen LogP contribution in [0.4, 0.5) is 30.7 Å². The van der Waals surface area contributed by atoms with Gasteiger partial charge in [0, 0.05) is 12.7 Å². The first kappa shape index (κ1) is 17.5. The van der Waals surface area contributed by atoms with E-state index in [2.05, 4.69) is 0 Å². The molecule has 0 aliphatic rings. The van der Waals surface area contributed by atoms with E-state index in [1.165, 1.54) is 0 Å². The highest BCUT2D eigenvalue weighted by Gasteiger charge is 2.55. The standard InChI is InChI=1S/C9H11F7OS/c1-4(17)18-3-2-5(10)6(11)7(12)9(15,16)8(13)14/h5-8H,2-3H2,1H3. The first-order valence-corrected chi connectivity index (χ1v) is 5.80. The summed E-state index contributed by atoms with van der Waals surface area (Å²) < 4.78 is 86.9. The summed E-state index contributed by atoms with van der Waals surface area (Å²) in [5, 5.41) is -0.410. The number of hydrogen-bond acceptors (Lipinski definition) is 2. The third kappa shape index (κ3) is 5.03. The fourth-order valence-electron chi connectivity index (χ4n) is 0.990. The highest BCUT2D eigenvalue weighted by molar-refractivity contribution is 8.13. The minimum atomic E-state index is -5.24. The van der Waals surface area contributed by atoms with Crippen LogP contribution in [0.1, 0.15) is 13.3 Å². The lowest BCUT2D eigenvalue weighted by atomic mass is 10.0. The van der Waals surface area contributed by atoms with E-state index < -0.39 is 42.4 Å². The average molecular weight is 300 g/mol. The lowest BCUT2D eigenvalue weighted by molar-refractivity contribution is -0.190. The van der Waals surface area contributed by atoms with E-state index in [1.54, 1.807) is 0 Å². The van der Waals surface area contributed by atoms with Gasteiger partial charge < -0.3 is 0 Å². The molecule has 1 nitrogen and oxygen atoms in total. The molecule has 0 aliphatic carbocycles. The Balaban J connectivity index is 4.36. The van der Waals surface area contributed by atoms with Crippen molar-refractivity contribution in [3.8, 4) is 0 Å². The molecule has 0 aromatic carbocycles. The van der Waals surface area contributed by atoms with Crippen LogP contribution in [-0.2, 0) is 4.79 Å². The Morgan fingerprint density at radius 2 is 1.67 bits per heavy atom. The molecule has 0 amide bonds. The molecule has 3 atom stereocenters. The van der Waals surface area contributed by atoms with Gasteiger partial charge in [0.2, 0.25) is 6.17 Å². The summed E-state index contributed by atoms with van der Waals surface area (Å²) in [5.41, 5.74) is 0. The number of alkyl halides is 7. The number of carbonyl (C=O) groups excluding carboxylic acids is 1. The van der Waals surface area contributed by atoms with Crippen LogP contribution < -0.4 is 0 Å². The van der Waals surface area contributed by atoms with Crippen LogP contribution in [-0.4, -0.2) is 41.7 Å². The number of rotatable bonds is 7. The fourth-order valence-corrected chi connectivity index (χ4v) is 1.62. The average Bonchev–Trinajstić information content (AvgIpc) is 2.25. The molecule has 3 unspecified atom stereocenters. The second-order valence-corrected chi connectivity index (χ2v) is 4.74. The zero-order valence-corrected chi connectivity index (χ0v) is 10.0. The van der Waals surface area contributed by atoms with Gasteiger partial charge in [-0.25, -0.2) is 22.0 Å². The topological polar surface area (TPSA) is 17.1 Å². The number of hydrogen-bond donors (Lipinski definition) is 0. The van der Waals surface area contributed by atoms with Gasteiger partial charge in [-0.3, -0.25) is 4.79 Å². The Labute approximate surface area is 103 Å². The molecule has 9 heteroatoms. The van der Waals surface area contributed by atoms with Crippen LogP contribution in [0.5, 0.6) is 0 Å². The number of thioether (sulfide) groups is 1. The van der Waals surface area contributed by atoms with E-state index in [-0.39, 0.29) is 5.75 Å². The molecule has 0 heterocycles. The quantitative estimate of drug-likeness (QED) is 0.669. The first-order chi connectivity index (χ1) is 8.10. The molecule has 0 radical (unpaired) electrons. The molecule has 0 saturated carbocycles. The van der Waals surface area contributed by atoms with Crippen molar-refractivity contribution in [2.75, 3.05) is 5.75 Å². The van der Waals surface area contributed by atoms with Gasteiger partial charge in [0.05, 0.1) is 0 Å². The van der Waals surface area contributed by atoms with E-state index in [4.69, 9.17) is 0 Å². The van der Waals surface area contributed by atoms with Gasteiger partial charge in [0.25, 0.3) is 0 Å². The Morgan fingerprint density at radius 1 is 1.17 bits per heavy atom. The second-order valence-electron chi connectivity index (χ2n) is 3.47. The van der Waals surface area contributed by atoms with Gasteiger partial charge in [-0.1, -0.05) is 11.8 Å². The van der Waals surface area contributed by atoms with Crippen molar-refractivity contribution in [2.45, 2.75) is 44.2 Å². The molecule has 0 N–H and O–H groups in total. The van der Waals surface area contributed by atoms with Crippen LogP contribution in [0.3, 0.4) is 0 Å². The predicted molar refractivity (Wildman–Crippen MR) is 53.4 cm³/mol. The second kappa shape index (κ2) is 7.20. The van der Waals surface area contributed by atoms with E-state index in [0.717, 1.165) is 6.92 Å². The minimum absolute atomic E-state index is 0.246. The minimum Gasteiger partial charge on any atom is -0.288 e. The molecular weight excluding hydrogens is 289 g/mol. The Hall–Kier alpha value is -0.470. The van der Waals surface area contributed by atoms with Crippen molar-refractivity contribution in [2.24, 2.45) is 0 Å². The first-order valence-electron chi connectivity index (χ1n) is 4.82. The Morgan fingerprint density at radius 3 is 2.06 bits per heavy atom. The van der Waals surface area contributed by atoms with Crippen LogP contribution in [0, 0.1) is 0 Å². The maximum atomic E-state index is 13.0. The number of halogens is 7. The molecule has 18 heavy (non-hydrogen) atoms. The Bertz CT molecular complexity index is 274. The molecule has 0 aromatic rings. The van der Waals surface area contributed by atoms with Crippen molar-refractivity contribution in [3.05, 3.63) is 0 Å². The molecular formula is C9H11F7OS. The summed E-state index contributed by atoms with van der Waals surface area (Å²) in [6, 6.07) is 0. The van der Waals surface area contributed by atoms with Crippen molar-refractivity contribution in [1.82, 2.24) is 0 Å². The van der Waals surface area contributed by atoms with Gasteiger partial charge >= 0.3 is 12.3 Å². The van der Waals surface area contributed by atoms with Gasteiger partial charge in [-0.15, -0.1) is 0 Å². The van der Waals surface area contributed by atoms with Crippen molar-refractivity contribution in [1.29, 1.82) is 0 Å². The lowest BCUT2D eigenvalue weighted by Gasteiger charge is -2.24. The molecule has 0 bridgehead atoms. The van der Waals surface area contributed by atoms with Crippen LogP contribution in [0.2, 0.25) is 0 Å². The van der Waals surface area contributed by atoms with E-state index >= 15 is 0 Å². The number of carbonyl (C=O) groups is 1. The van der Waals surface area contributed by atoms with E-state index in [9.17, 15) is 35.5 Å². The van der Waals surface area contributed by atoms with E-state index in [0.29, 0.717) is 11.8 Å². The normalized spacial score (nSPS) is 17.6. The molecule has 0 rings (SSSR count). The van der Waals surface area contributed by atoms with Crippen molar-refractivity contribution < 1.29 is 35.5 Å². The highest BCUT2D eigenvalue weighted by Crippen LogP contribution is 2.34. The van der Waals surface area contributed by atoms with Crippen LogP contribution >= 0.6 is 11.8 Å². The van der Waals surface area contributed by atoms with Crippen LogP contribution in [0.25, 0.3) is 0 Å². The lowest BCUT2D eigenvalue weighted by Crippen LogP contribution is -2.46. The zero-order valence-electron chi connectivity index (χ0n) is 9.19. The van der Waals surface area contributed by atoms with Gasteiger partial charge in [-0.05, 0) is 6.42 Å². The summed E-state index contributed by atoms with van der Waals surface area (Å²) in [6.07, 6.45) is -15.1. The van der Waals surface area contributed by atoms with Crippen molar-refractivity contribution >= 4 is 16.9 Å². The molecule has 0 aliphatic heterocycles. The summed E-state index contributed by atoms with van der Waals surface area (Å²) in [5.74, 6) is -5.48. The SMILES string of the molecule is CC(=O)SCCC(F)C(F)C(F)C(F)(F)C(F)F. The molecule has 0 fully saturated rings. The van der Waals surface area contributed by atoms with Gasteiger partial charge in [0.1, 0.15) is 6.17 Å². The smallest absolute Gasteiger partial charge is 0.288 e. The predicted octanol–water partition coefficient (Wildman–Crippen LogP) is 3.57. The molecule has 0 saturated heterocycles. The summed E-state index contributed by atoms with van der Waals surface area (Å²) in [6.45, 7) is 1.15. The fraction of sp³-hybridized carbons (Fsp3) is 0.889.